The van der Waals surface area contributed by atoms with Gasteiger partial charge in [-0.25, -0.2) is 15.0 Å². The summed E-state index contributed by atoms with van der Waals surface area (Å²) in [7, 11) is 0. The lowest BCUT2D eigenvalue weighted by molar-refractivity contribution is 0.569. The maximum absolute atomic E-state index is 9.56. The van der Waals surface area contributed by atoms with E-state index in [1.54, 1.807) is 0 Å². The molecule has 6 nitrogen and oxygen atoms in total. The van der Waals surface area contributed by atoms with Gasteiger partial charge in [-0.05, 0) is 166 Å². The Labute approximate surface area is 610 Å². The van der Waals surface area contributed by atoms with Gasteiger partial charge in [0.1, 0.15) is 0 Å². The average Bonchev–Trinajstić information content (AvgIpc) is 1.09. The fourth-order valence-corrected chi connectivity index (χ4v) is 15.1. The van der Waals surface area contributed by atoms with E-state index in [2.05, 4.69) is 306 Å². The number of para-hydroxylation sites is 1. The Morgan fingerprint density at radius 1 is 0.294 bits per heavy atom. The van der Waals surface area contributed by atoms with Crippen LogP contribution in [0.3, 0.4) is 0 Å². The number of rotatable bonds is 9. The van der Waals surface area contributed by atoms with Crippen LogP contribution in [0.15, 0.2) is 267 Å². The molecule has 0 amide bonds. The number of anilines is 6. The lowest BCUT2D eigenvalue weighted by atomic mass is 9.33. The van der Waals surface area contributed by atoms with Crippen molar-refractivity contribution in [2.45, 2.75) is 131 Å². The Hall–Kier alpha value is -10.9. The van der Waals surface area contributed by atoms with E-state index in [4.69, 9.17) is 19.1 Å². The highest BCUT2D eigenvalue weighted by molar-refractivity contribution is 7.00. The lowest BCUT2D eigenvalue weighted by Crippen LogP contribution is -2.61. The molecular formula is C95H89BN6. The molecule has 2 aliphatic rings. The van der Waals surface area contributed by atoms with Crippen molar-refractivity contribution in [1.82, 2.24) is 19.5 Å². The first kappa shape index (κ1) is 59.9. The maximum Gasteiger partial charge on any atom is 0.252 e. The van der Waals surface area contributed by atoms with Gasteiger partial charge in [0.25, 0.3) is 6.71 Å². The molecule has 2 aromatic heterocycles. The van der Waals surface area contributed by atoms with Crippen molar-refractivity contribution in [3.8, 4) is 73.2 Å². The average molecular weight is 1330 g/mol. The van der Waals surface area contributed by atoms with Gasteiger partial charge in [-0.1, -0.05) is 304 Å². The summed E-state index contributed by atoms with van der Waals surface area (Å²) in [6.45, 7) is 33.8. The van der Waals surface area contributed by atoms with Crippen molar-refractivity contribution in [2.75, 3.05) is 9.80 Å². The molecule has 14 aromatic rings. The van der Waals surface area contributed by atoms with Crippen molar-refractivity contribution in [3.05, 3.63) is 295 Å². The minimum absolute atomic E-state index is 0.132. The first-order valence-corrected chi connectivity index (χ1v) is 35.9. The number of fused-ring (bicyclic) bond motifs is 7. The quantitative estimate of drug-likeness (QED) is 0.135. The Morgan fingerprint density at radius 3 is 1.21 bits per heavy atom. The van der Waals surface area contributed by atoms with Crippen molar-refractivity contribution in [1.29, 1.82) is 0 Å². The number of hydrogen-bond donors (Lipinski definition) is 0. The Balaban J connectivity index is 1.10. The smallest absolute Gasteiger partial charge is 0.252 e. The molecule has 2 aliphatic heterocycles. The third-order valence-electron chi connectivity index (χ3n) is 20.9. The molecule has 502 valence electrons. The Kier molecular flexibility index (Phi) is 14.4. The van der Waals surface area contributed by atoms with Crippen LogP contribution in [0.1, 0.15) is 139 Å². The monoisotopic (exact) mass is 1330 g/mol. The molecule has 0 fully saturated rings. The van der Waals surface area contributed by atoms with Gasteiger partial charge >= 0.3 is 0 Å². The highest BCUT2D eigenvalue weighted by Crippen LogP contribution is 2.52. The molecule has 7 heteroatoms. The molecule has 4 heterocycles. The summed E-state index contributed by atoms with van der Waals surface area (Å²) in [6, 6.07) is 84.0. The highest BCUT2D eigenvalue weighted by Gasteiger charge is 2.45. The van der Waals surface area contributed by atoms with Crippen LogP contribution in [0, 0.1) is 0 Å². The zero-order chi connectivity index (χ0) is 75.3. The molecule has 0 unspecified atom stereocenters. The molecule has 102 heavy (non-hydrogen) atoms. The van der Waals surface area contributed by atoms with Gasteiger partial charge in [-0.15, -0.1) is 0 Å². The second-order valence-electron chi connectivity index (χ2n) is 33.1. The number of aromatic nitrogens is 4. The van der Waals surface area contributed by atoms with Gasteiger partial charge in [0, 0.05) is 55.8 Å². The van der Waals surface area contributed by atoms with Crippen LogP contribution < -0.4 is 26.2 Å². The summed E-state index contributed by atoms with van der Waals surface area (Å²) in [5.41, 5.74) is 23.9. The topological polar surface area (TPSA) is 50.1 Å². The van der Waals surface area contributed by atoms with Crippen molar-refractivity contribution < 1.29 is 6.85 Å². The number of benzene rings is 12. The summed E-state index contributed by atoms with van der Waals surface area (Å²) in [4.78, 5) is 21.4. The molecule has 0 atom stereocenters. The van der Waals surface area contributed by atoms with Crippen LogP contribution in [0.5, 0.6) is 0 Å². The van der Waals surface area contributed by atoms with Crippen LogP contribution in [0.4, 0.5) is 34.1 Å². The van der Waals surface area contributed by atoms with E-state index in [1.807, 2.05) is 48.5 Å². The van der Waals surface area contributed by atoms with Gasteiger partial charge < -0.3 is 14.4 Å². The highest BCUT2D eigenvalue weighted by atomic mass is 15.2. The summed E-state index contributed by atoms with van der Waals surface area (Å²) in [5, 5.41) is 2.31. The largest absolute Gasteiger partial charge is 0.311 e. The van der Waals surface area contributed by atoms with Gasteiger partial charge in [-0.2, -0.15) is 0 Å². The molecule has 0 N–H and O–H groups in total. The third-order valence-corrected chi connectivity index (χ3v) is 20.9. The first-order valence-electron chi connectivity index (χ1n) is 38.4. The normalized spacial score (nSPS) is 13.9. The predicted octanol–water partition coefficient (Wildman–Crippen LogP) is 23.5. The molecule has 0 bridgehead atoms. The molecule has 12 aromatic carbocycles. The van der Waals surface area contributed by atoms with E-state index in [-0.39, 0.29) is 56.8 Å². The number of hydrogen-bond acceptors (Lipinski definition) is 5. The number of nitrogens with zero attached hydrogens (tertiary/aromatic N) is 6. The van der Waals surface area contributed by atoms with Crippen molar-refractivity contribution >= 4 is 79.0 Å². The molecule has 0 saturated heterocycles. The van der Waals surface area contributed by atoms with Gasteiger partial charge in [0.15, 0.2) is 17.5 Å². The fraction of sp³-hybridized carbons (Fsp3) is 0.211. The van der Waals surface area contributed by atoms with Crippen LogP contribution in [0.2, 0.25) is 0 Å². The first-order chi connectivity index (χ1) is 50.8. The third kappa shape index (κ3) is 11.7. The SMILES string of the molecule is [2H]c1c([2H])c([2H])c(-c2ccc3c(c2)N(c2ccccc2-c2ccccc2)c2cc(-n4c5ccc(C(C)(C)C)cc5c5cc(C(C)(C)C)ccc54)cc4c2B3c2ccc(-c3cc(C(C)(C)C)cc(C(C)(C)C)c3)cc2N4c2ccc(C(C)(C)C)cc2-c2nc(-c3ccccc3)nc(-c3ccccc3)n2)c([2H])c1[2H]. The fourth-order valence-electron chi connectivity index (χ4n) is 15.1. The summed E-state index contributed by atoms with van der Waals surface area (Å²) in [6.07, 6.45) is 0. The molecular weight excluding hydrogens is 1240 g/mol. The standard InChI is InChI=1S/C95H89BN6/c1-91(2,3)67-42-47-80-74(55-67)75-56-68(92(4,5)6)43-48-81(75)100(80)72-58-85-87-86(59-72)102(82-49-44-69(93(7,8)9)57-76(82)90-98-88(62-34-24-18-25-35-62)97-89(99-90)63-36-26-19-27-37-63)84-53-65(66-50-70(94(10,11)12)54-71(51-66)95(13,14)15)41-46-78(84)96(87)77-45-40-64(60-30-20-16-21-31-60)52-83(77)101(85)79-39-29-28-38-73(79)61-32-22-17-23-33-61/h16-59H,1-15H3/i16D,20D,21D,30D,31D. The molecule has 0 aliphatic carbocycles. The predicted molar refractivity (Wildman–Crippen MR) is 434 cm³/mol. The van der Waals surface area contributed by atoms with E-state index in [0.29, 0.717) is 23.0 Å². The van der Waals surface area contributed by atoms with Crippen LogP contribution in [-0.2, 0) is 27.1 Å². The summed E-state index contributed by atoms with van der Waals surface area (Å²) in [5.74, 6) is 1.63. The zero-order valence-corrected chi connectivity index (χ0v) is 61.3. The minimum atomic E-state index is -0.449. The lowest BCUT2D eigenvalue weighted by Gasteiger charge is -2.45. The van der Waals surface area contributed by atoms with Gasteiger partial charge in [-0.3, -0.25) is 0 Å². The maximum atomic E-state index is 9.56. The minimum Gasteiger partial charge on any atom is -0.311 e. The van der Waals surface area contributed by atoms with E-state index in [1.165, 1.54) is 22.3 Å². The second kappa shape index (κ2) is 24.4. The van der Waals surface area contributed by atoms with Crippen molar-refractivity contribution in [3.63, 3.8) is 0 Å². The van der Waals surface area contributed by atoms with Crippen LogP contribution >= 0.6 is 0 Å². The van der Waals surface area contributed by atoms with Crippen LogP contribution in [0.25, 0.3) is 95.0 Å². The molecule has 0 spiro atoms. The van der Waals surface area contributed by atoms with E-state index in [9.17, 15) is 2.74 Å². The molecule has 0 saturated carbocycles. The van der Waals surface area contributed by atoms with Crippen molar-refractivity contribution in [2.24, 2.45) is 0 Å². The van der Waals surface area contributed by atoms with E-state index >= 15 is 0 Å². The molecule has 16 rings (SSSR count). The molecule has 0 radical (unpaired) electrons. The summed E-state index contributed by atoms with van der Waals surface area (Å²) < 4.78 is 48.5. The van der Waals surface area contributed by atoms with Gasteiger partial charge in [0.05, 0.1) is 34.9 Å². The van der Waals surface area contributed by atoms with Crippen LogP contribution in [-0.4, -0.2) is 26.2 Å². The van der Waals surface area contributed by atoms with E-state index in [0.717, 1.165) is 123 Å². The Bertz CT molecular complexity index is 5740. The van der Waals surface area contributed by atoms with Gasteiger partial charge in [0.2, 0.25) is 0 Å². The van der Waals surface area contributed by atoms with E-state index < -0.39 is 12.8 Å². The second-order valence-corrected chi connectivity index (χ2v) is 33.1. The zero-order valence-electron chi connectivity index (χ0n) is 66.3. The Morgan fingerprint density at radius 2 is 0.716 bits per heavy atom. The summed E-state index contributed by atoms with van der Waals surface area (Å²) >= 11 is 0.